The lowest BCUT2D eigenvalue weighted by molar-refractivity contribution is -0.105. The number of nitrogens with two attached hydrogens (primary N) is 1. The van der Waals surface area contributed by atoms with Crippen molar-refractivity contribution in [2.24, 2.45) is 0 Å². The largest absolute Gasteiger partial charge is 0.397 e. The van der Waals surface area contributed by atoms with Crippen LogP contribution in [-0.4, -0.2) is 66.4 Å². The van der Waals surface area contributed by atoms with E-state index >= 15 is 0 Å². The van der Waals surface area contributed by atoms with Crippen molar-refractivity contribution in [2.75, 3.05) is 49.8 Å². The third kappa shape index (κ3) is 8.00. The fraction of sp³-hybridized carbons (Fsp3) is 0.476. The van der Waals surface area contributed by atoms with E-state index in [1.807, 2.05) is 32.9 Å². The zero-order chi connectivity index (χ0) is 22.9. The molecule has 1 aliphatic heterocycles. The van der Waals surface area contributed by atoms with Crippen LogP contribution in [-0.2, 0) is 20.8 Å². The summed E-state index contributed by atoms with van der Waals surface area (Å²) in [6, 6.07) is 5.56. The normalized spacial score (nSPS) is 14.3. The molecular formula is C21H32N6O4. The number of hydrogen-bond donors (Lipinski definition) is 4. The van der Waals surface area contributed by atoms with Gasteiger partial charge in [-0.15, -0.1) is 0 Å². The number of anilines is 3. The number of hydrogen-bond acceptors (Lipinski definition) is 7. The Bertz CT molecular complexity index is 856. The van der Waals surface area contributed by atoms with Gasteiger partial charge in [-0.1, -0.05) is 6.07 Å². The lowest BCUT2D eigenvalue weighted by Crippen LogP contribution is -2.35. The highest BCUT2D eigenvalue weighted by Crippen LogP contribution is 2.23. The van der Waals surface area contributed by atoms with E-state index in [0.717, 1.165) is 38.4 Å². The number of benzene rings is 1. The first-order valence-corrected chi connectivity index (χ1v) is 10.0. The molecule has 0 atom stereocenters. The van der Waals surface area contributed by atoms with Gasteiger partial charge in [-0.3, -0.25) is 19.6 Å². The third-order valence-corrected chi connectivity index (χ3v) is 4.57. The van der Waals surface area contributed by atoms with E-state index in [-0.39, 0.29) is 11.3 Å². The number of aromatic nitrogens is 2. The van der Waals surface area contributed by atoms with E-state index in [4.69, 9.17) is 15.2 Å². The molecule has 10 heteroatoms. The standard InChI is InChI=1S/C16H20N6O3.C5H12O/c17-12-2-1-11(9-22-3-5-25-6-4-22)7-13(12)20-16(24)15-14(18-10-23)8-19-21-15;1-5(2,3)6-4/h1-2,7-8,10H,3-6,9,17H2,(H,18,23)(H,19,21)(H,20,24);1-4H3. The molecule has 2 aromatic rings. The molecule has 0 bridgehead atoms. The van der Waals surface area contributed by atoms with Crippen molar-refractivity contribution >= 4 is 29.4 Å². The third-order valence-electron chi connectivity index (χ3n) is 4.57. The molecular weight excluding hydrogens is 400 g/mol. The number of carbonyl (C=O) groups is 2. The van der Waals surface area contributed by atoms with Crippen LogP contribution in [0.1, 0.15) is 36.8 Å². The van der Waals surface area contributed by atoms with Gasteiger partial charge in [0.05, 0.1) is 42.1 Å². The van der Waals surface area contributed by atoms with Gasteiger partial charge >= 0.3 is 0 Å². The van der Waals surface area contributed by atoms with E-state index < -0.39 is 5.91 Å². The Labute approximate surface area is 182 Å². The highest BCUT2D eigenvalue weighted by molar-refractivity contribution is 6.08. The molecule has 5 N–H and O–H groups in total. The fourth-order valence-electron chi connectivity index (χ4n) is 2.64. The Morgan fingerprint density at radius 2 is 2.00 bits per heavy atom. The number of ether oxygens (including phenoxy) is 2. The summed E-state index contributed by atoms with van der Waals surface area (Å²) >= 11 is 0. The topological polar surface area (TPSA) is 135 Å². The van der Waals surface area contributed by atoms with Crippen LogP contribution in [0.15, 0.2) is 24.4 Å². The fourth-order valence-corrected chi connectivity index (χ4v) is 2.64. The second-order valence-electron chi connectivity index (χ2n) is 8.00. The predicted octanol–water partition coefficient (Wildman–Crippen LogP) is 2.08. The molecule has 2 amide bonds. The number of nitrogen functional groups attached to an aromatic ring is 1. The minimum atomic E-state index is -0.433. The average molecular weight is 433 g/mol. The molecule has 10 nitrogen and oxygen atoms in total. The second kappa shape index (κ2) is 11.4. The van der Waals surface area contributed by atoms with Gasteiger partial charge in [0, 0.05) is 26.7 Å². The van der Waals surface area contributed by atoms with Crippen molar-refractivity contribution in [2.45, 2.75) is 32.9 Å². The molecule has 0 aliphatic carbocycles. The van der Waals surface area contributed by atoms with E-state index in [2.05, 4.69) is 25.7 Å². The van der Waals surface area contributed by atoms with E-state index in [1.165, 1.54) is 6.20 Å². The molecule has 3 rings (SSSR count). The molecule has 1 fully saturated rings. The number of aromatic amines is 1. The van der Waals surface area contributed by atoms with Gasteiger partial charge in [-0.25, -0.2) is 0 Å². The molecule has 1 aromatic heterocycles. The molecule has 0 saturated carbocycles. The van der Waals surface area contributed by atoms with Crippen molar-refractivity contribution in [3.63, 3.8) is 0 Å². The Hall–Kier alpha value is -2.95. The van der Waals surface area contributed by atoms with Gasteiger partial charge in [0.2, 0.25) is 6.41 Å². The maximum atomic E-state index is 12.4. The van der Waals surface area contributed by atoms with Gasteiger partial charge in [-0.2, -0.15) is 5.10 Å². The zero-order valence-corrected chi connectivity index (χ0v) is 18.5. The van der Waals surface area contributed by atoms with Crippen LogP contribution in [0.5, 0.6) is 0 Å². The van der Waals surface area contributed by atoms with Crippen LogP contribution in [0.25, 0.3) is 0 Å². The SMILES string of the molecule is COC(C)(C)C.Nc1ccc(CN2CCOCC2)cc1NC(=O)c1[nH]ncc1NC=O. The van der Waals surface area contributed by atoms with Gasteiger partial charge in [-0.05, 0) is 38.5 Å². The summed E-state index contributed by atoms with van der Waals surface area (Å²) < 4.78 is 10.3. The highest BCUT2D eigenvalue weighted by atomic mass is 16.5. The number of H-pyrrole nitrogens is 1. The summed E-state index contributed by atoms with van der Waals surface area (Å²) in [6.45, 7) is 10.0. The molecule has 1 aromatic carbocycles. The van der Waals surface area contributed by atoms with Crippen LogP contribution < -0.4 is 16.4 Å². The number of carbonyl (C=O) groups excluding carboxylic acids is 2. The molecule has 1 aliphatic rings. The monoisotopic (exact) mass is 432 g/mol. The van der Waals surface area contributed by atoms with Crippen molar-refractivity contribution in [1.82, 2.24) is 15.1 Å². The van der Waals surface area contributed by atoms with E-state index in [0.29, 0.717) is 23.5 Å². The molecule has 170 valence electrons. The summed E-state index contributed by atoms with van der Waals surface area (Å²) in [5.41, 5.74) is 8.50. The average Bonchev–Trinajstić information content (AvgIpc) is 3.20. The predicted molar refractivity (Wildman–Crippen MR) is 120 cm³/mol. The first-order valence-electron chi connectivity index (χ1n) is 10.0. The number of morpholine rings is 1. The summed E-state index contributed by atoms with van der Waals surface area (Å²) in [7, 11) is 1.71. The number of nitrogens with zero attached hydrogens (tertiary/aromatic N) is 2. The number of rotatable bonds is 6. The van der Waals surface area contributed by atoms with Gasteiger partial charge in [0.15, 0.2) is 0 Å². The highest BCUT2D eigenvalue weighted by Gasteiger charge is 2.16. The number of methoxy groups -OCH3 is 1. The van der Waals surface area contributed by atoms with Crippen molar-refractivity contribution in [1.29, 1.82) is 0 Å². The van der Waals surface area contributed by atoms with Crippen LogP contribution in [0.2, 0.25) is 0 Å². The minimum absolute atomic E-state index is 0.0417. The summed E-state index contributed by atoms with van der Waals surface area (Å²) in [6.07, 6.45) is 1.85. The van der Waals surface area contributed by atoms with Crippen molar-refractivity contribution in [3.8, 4) is 0 Å². The molecule has 0 unspecified atom stereocenters. The van der Waals surface area contributed by atoms with Crippen molar-refractivity contribution < 1.29 is 19.1 Å². The summed E-state index contributed by atoms with van der Waals surface area (Å²) in [5.74, 6) is -0.433. The van der Waals surface area contributed by atoms with Gasteiger partial charge in [0.25, 0.3) is 5.91 Å². The van der Waals surface area contributed by atoms with Crippen LogP contribution in [0.3, 0.4) is 0 Å². The zero-order valence-electron chi connectivity index (χ0n) is 18.5. The molecule has 1 saturated heterocycles. The van der Waals surface area contributed by atoms with Crippen LogP contribution in [0.4, 0.5) is 17.1 Å². The Morgan fingerprint density at radius 3 is 2.61 bits per heavy atom. The first-order chi connectivity index (χ1) is 14.7. The van der Waals surface area contributed by atoms with E-state index in [1.54, 1.807) is 13.2 Å². The van der Waals surface area contributed by atoms with Gasteiger partial charge < -0.3 is 25.8 Å². The number of amides is 2. The Balaban J connectivity index is 0.000000501. The van der Waals surface area contributed by atoms with Gasteiger partial charge in [0.1, 0.15) is 5.69 Å². The molecule has 2 heterocycles. The lowest BCUT2D eigenvalue weighted by Gasteiger charge is -2.26. The molecule has 0 spiro atoms. The maximum Gasteiger partial charge on any atom is 0.275 e. The number of nitrogens with one attached hydrogen (secondary N) is 3. The minimum Gasteiger partial charge on any atom is -0.397 e. The van der Waals surface area contributed by atoms with Crippen LogP contribution in [0, 0.1) is 0 Å². The molecule has 0 radical (unpaired) electrons. The lowest BCUT2D eigenvalue weighted by atomic mass is 10.1. The van der Waals surface area contributed by atoms with Crippen LogP contribution >= 0.6 is 0 Å². The second-order valence-corrected chi connectivity index (χ2v) is 8.00. The smallest absolute Gasteiger partial charge is 0.275 e. The Morgan fingerprint density at radius 1 is 1.32 bits per heavy atom. The quantitative estimate of drug-likeness (QED) is 0.405. The van der Waals surface area contributed by atoms with Crippen molar-refractivity contribution in [3.05, 3.63) is 35.7 Å². The van der Waals surface area contributed by atoms with E-state index in [9.17, 15) is 9.59 Å². The first kappa shape index (κ1) is 24.3. The molecule has 31 heavy (non-hydrogen) atoms. The maximum absolute atomic E-state index is 12.4. The Kier molecular flexibility index (Phi) is 8.98. The summed E-state index contributed by atoms with van der Waals surface area (Å²) in [5, 5.41) is 11.5. The summed E-state index contributed by atoms with van der Waals surface area (Å²) in [4.78, 5) is 25.3.